The molecule has 0 aliphatic heterocycles. The molecule has 0 amide bonds. The van der Waals surface area contributed by atoms with Gasteiger partial charge in [0.15, 0.2) is 0 Å². The van der Waals surface area contributed by atoms with Crippen LogP contribution in [0.2, 0.25) is 0 Å². The maximum absolute atomic E-state index is 13.2. The summed E-state index contributed by atoms with van der Waals surface area (Å²) in [6.45, 7) is 9.22. The number of nitrogens with two attached hydrogens (primary N) is 1. The lowest BCUT2D eigenvalue weighted by Gasteiger charge is -2.31. The molecule has 0 aromatic rings. The van der Waals surface area contributed by atoms with Gasteiger partial charge in [0.2, 0.25) is 3.79 Å². The van der Waals surface area contributed by atoms with Gasteiger partial charge in [0.1, 0.15) is 5.83 Å². The van der Waals surface area contributed by atoms with Crippen LogP contribution in [-0.2, 0) is 0 Å². The van der Waals surface area contributed by atoms with Crippen LogP contribution < -0.4 is 5.73 Å². The summed E-state index contributed by atoms with van der Waals surface area (Å²) in [6, 6.07) is 0. The van der Waals surface area contributed by atoms with Crippen LogP contribution >= 0.6 is 34.8 Å². The number of unbranched alkanes of at least 4 members (excludes halogenated alkanes) is 1. The number of aliphatic hydroxyl groups excluding tert-OH is 1. The standard InChI is InChI=1S/C14H20Cl3FN2O/c1-4-12(18)9-13(19)10(2)20(7-5-6-8-21)11(3)14(15,16)17/h4,9,21H,1,3,5-8,19H2,2H3/b12-9+,13-10-. The first-order valence-electron chi connectivity index (χ1n) is 6.25. The third-order valence-electron chi connectivity index (χ3n) is 2.75. The number of rotatable bonds is 8. The molecular formula is C14H20Cl3FN2O. The summed E-state index contributed by atoms with van der Waals surface area (Å²) in [6.07, 6.45) is 3.38. The second-order valence-electron chi connectivity index (χ2n) is 4.30. The van der Waals surface area contributed by atoms with Crippen LogP contribution in [0.25, 0.3) is 0 Å². The molecule has 0 unspecified atom stereocenters. The van der Waals surface area contributed by atoms with E-state index in [2.05, 4.69) is 13.2 Å². The minimum Gasteiger partial charge on any atom is -0.397 e. The van der Waals surface area contributed by atoms with Crippen molar-refractivity contribution in [3.63, 3.8) is 0 Å². The fourth-order valence-corrected chi connectivity index (χ4v) is 1.81. The minimum absolute atomic E-state index is 0.0529. The lowest BCUT2D eigenvalue weighted by atomic mass is 10.2. The Labute approximate surface area is 140 Å². The molecule has 0 bridgehead atoms. The van der Waals surface area contributed by atoms with Crippen molar-refractivity contribution in [3.8, 4) is 0 Å². The van der Waals surface area contributed by atoms with E-state index in [1.165, 1.54) is 0 Å². The van der Waals surface area contributed by atoms with Gasteiger partial charge in [0.25, 0.3) is 0 Å². The van der Waals surface area contributed by atoms with Gasteiger partial charge in [-0.05, 0) is 31.9 Å². The molecule has 0 heterocycles. The monoisotopic (exact) mass is 356 g/mol. The number of halogens is 4. The Bertz CT molecular complexity index is 442. The highest BCUT2D eigenvalue weighted by atomic mass is 35.6. The molecule has 21 heavy (non-hydrogen) atoms. The average molecular weight is 358 g/mol. The average Bonchev–Trinajstić information content (AvgIpc) is 2.41. The number of alkyl halides is 3. The van der Waals surface area contributed by atoms with Crippen molar-refractivity contribution in [2.45, 2.75) is 23.6 Å². The first kappa shape index (κ1) is 20.3. The first-order chi connectivity index (χ1) is 9.65. The summed E-state index contributed by atoms with van der Waals surface area (Å²) in [5.74, 6) is -0.568. The van der Waals surface area contributed by atoms with E-state index in [1.807, 2.05) is 0 Å². The van der Waals surface area contributed by atoms with Crippen molar-refractivity contribution >= 4 is 34.8 Å². The molecule has 0 fully saturated rings. The van der Waals surface area contributed by atoms with Crippen molar-refractivity contribution in [2.24, 2.45) is 5.73 Å². The second-order valence-corrected chi connectivity index (χ2v) is 6.58. The van der Waals surface area contributed by atoms with E-state index in [0.717, 1.165) is 12.2 Å². The van der Waals surface area contributed by atoms with E-state index in [9.17, 15) is 4.39 Å². The van der Waals surface area contributed by atoms with Crippen molar-refractivity contribution in [1.29, 1.82) is 0 Å². The maximum atomic E-state index is 13.2. The molecule has 120 valence electrons. The molecular weight excluding hydrogens is 338 g/mol. The van der Waals surface area contributed by atoms with Gasteiger partial charge in [-0.25, -0.2) is 4.39 Å². The lowest BCUT2D eigenvalue weighted by molar-refractivity contribution is 0.275. The van der Waals surface area contributed by atoms with Gasteiger partial charge in [0.05, 0.1) is 11.4 Å². The topological polar surface area (TPSA) is 49.5 Å². The Kier molecular flexibility index (Phi) is 9.06. The molecule has 0 saturated heterocycles. The molecule has 0 atom stereocenters. The second kappa shape index (κ2) is 9.36. The third kappa shape index (κ3) is 7.23. The molecule has 0 aliphatic rings. The zero-order valence-electron chi connectivity index (χ0n) is 11.9. The summed E-state index contributed by atoms with van der Waals surface area (Å²) in [5.41, 5.74) is 6.71. The number of hydrogen-bond acceptors (Lipinski definition) is 3. The number of hydrogen-bond donors (Lipinski definition) is 2. The van der Waals surface area contributed by atoms with Crippen molar-refractivity contribution in [1.82, 2.24) is 4.90 Å². The Morgan fingerprint density at radius 3 is 2.38 bits per heavy atom. The largest absolute Gasteiger partial charge is 0.397 e. The van der Waals surface area contributed by atoms with E-state index in [1.54, 1.807) is 11.8 Å². The molecule has 7 heteroatoms. The van der Waals surface area contributed by atoms with Crippen LogP contribution in [0.3, 0.4) is 0 Å². The zero-order valence-corrected chi connectivity index (χ0v) is 14.1. The predicted octanol–water partition coefficient (Wildman–Crippen LogP) is 4.17. The molecule has 0 aromatic carbocycles. The summed E-state index contributed by atoms with van der Waals surface area (Å²) >= 11 is 17.5. The fourth-order valence-electron chi connectivity index (χ4n) is 1.51. The van der Waals surface area contributed by atoms with Gasteiger partial charge in [-0.2, -0.15) is 0 Å². The zero-order chi connectivity index (χ0) is 16.6. The fraction of sp³-hybridized carbons (Fsp3) is 0.429. The normalized spacial score (nSPS) is 13.7. The maximum Gasteiger partial charge on any atom is 0.230 e. The van der Waals surface area contributed by atoms with E-state index in [4.69, 9.17) is 45.6 Å². The van der Waals surface area contributed by atoms with Crippen LogP contribution in [0, 0.1) is 0 Å². The highest BCUT2D eigenvalue weighted by Gasteiger charge is 2.29. The highest BCUT2D eigenvalue weighted by Crippen LogP contribution is 2.37. The molecule has 0 rings (SSSR count). The van der Waals surface area contributed by atoms with E-state index < -0.39 is 9.62 Å². The van der Waals surface area contributed by atoms with Gasteiger partial charge in [-0.3, -0.25) is 0 Å². The van der Waals surface area contributed by atoms with Crippen LogP contribution in [0.1, 0.15) is 19.8 Å². The Morgan fingerprint density at radius 2 is 1.95 bits per heavy atom. The smallest absolute Gasteiger partial charge is 0.230 e. The van der Waals surface area contributed by atoms with Crippen LogP contribution in [0.5, 0.6) is 0 Å². The first-order valence-corrected chi connectivity index (χ1v) is 7.39. The summed E-state index contributed by atoms with van der Waals surface area (Å²) in [7, 11) is 0. The lowest BCUT2D eigenvalue weighted by Crippen LogP contribution is -2.30. The molecule has 0 saturated carbocycles. The predicted molar refractivity (Wildman–Crippen MR) is 88.7 cm³/mol. The van der Waals surface area contributed by atoms with Crippen LogP contribution in [0.15, 0.2) is 48.2 Å². The van der Waals surface area contributed by atoms with E-state index in [-0.39, 0.29) is 18.0 Å². The van der Waals surface area contributed by atoms with Gasteiger partial charge >= 0.3 is 0 Å². The van der Waals surface area contributed by atoms with Gasteiger partial charge in [0, 0.05) is 18.8 Å². The highest BCUT2D eigenvalue weighted by molar-refractivity contribution is 6.69. The van der Waals surface area contributed by atoms with Crippen molar-refractivity contribution in [2.75, 3.05) is 13.2 Å². The van der Waals surface area contributed by atoms with Crippen LogP contribution in [0.4, 0.5) is 4.39 Å². The van der Waals surface area contributed by atoms with E-state index in [0.29, 0.717) is 25.1 Å². The molecule has 0 radical (unpaired) electrons. The van der Waals surface area contributed by atoms with Gasteiger partial charge in [-0.15, -0.1) is 0 Å². The molecule has 3 N–H and O–H groups in total. The number of nitrogens with zero attached hydrogens (tertiary/aromatic N) is 1. The minimum atomic E-state index is -1.71. The Balaban J connectivity index is 5.42. The number of aliphatic hydroxyl groups is 1. The van der Waals surface area contributed by atoms with Gasteiger partial charge in [-0.1, -0.05) is 48.0 Å². The molecule has 0 aromatic heterocycles. The molecule has 0 aliphatic carbocycles. The SMILES string of the molecule is C=C/C(F)=C\C(N)=C(/C)N(CCCCO)C(=C)C(Cl)(Cl)Cl. The van der Waals surface area contributed by atoms with Gasteiger partial charge < -0.3 is 15.7 Å². The summed E-state index contributed by atoms with van der Waals surface area (Å²) in [4.78, 5) is 1.60. The van der Waals surface area contributed by atoms with Crippen LogP contribution in [-0.4, -0.2) is 27.0 Å². The Morgan fingerprint density at radius 1 is 1.38 bits per heavy atom. The quantitative estimate of drug-likeness (QED) is 0.389. The van der Waals surface area contributed by atoms with E-state index >= 15 is 0 Å². The Hall–Kier alpha value is -0.680. The summed E-state index contributed by atoms with van der Waals surface area (Å²) in [5, 5.41) is 8.85. The third-order valence-corrected chi connectivity index (χ3v) is 3.41. The van der Waals surface area contributed by atoms with Crippen molar-refractivity contribution in [3.05, 3.63) is 48.2 Å². The molecule has 0 spiro atoms. The summed E-state index contributed by atoms with van der Waals surface area (Å²) < 4.78 is 11.5. The van der Waals surface area contributed by atoms with Crippen molar-refractivity contribution < 1.29 is 9.50 Å². The molecule has 3 nitrogen and oxygen atoms in total. The number of allylic oxidation sites excluding steroid dienone is 5.